The van der Waals surface area contributed by atoms with Crippen LogP contribution in [0.1, 0.15) is 12.8 Å². The van der Waals surface area contributed by atoms with Gasteiger partial charge < -0.3 is 20.1 Å². The van der Waals surface area contributed by atoms with E-state index in [2.05, 4.69) is 15.4 Å². The van der Waals surface area contributed by atoms with E-state index in [1.807, 2.05) is 0 Å². The first-order valence-electron chi connectivity index (χ1n) is 4.94. The molecule has 0 saturated carbocycles. The Balaban J connectivity index is 2.14. The first kappa shape index (κ1) is 11.8. The summed E-state index contributed by atoms with van der Waals surface area (Å²) < 4.78 is 9.43. The Hall–Kier alpha value is -1.30. The highest BCUT2D eigenvalue weighted by Crippen LogP contribution is 2.05. The molecule has 1 amide bonds. The quantitative estimate of drug-likeness (QED) is 0.630. The molecule has 2 N–H and O–H groups in total. The number of hydrogen-bond donors (Lipinski definition) is 2. The van der Waals surface area contributed by atoms with Gasteiger partial charge in [-0.15, -0.1) is 0 Å². The minimum absolute atomic E-state index is 0.0781. The Morgan fingerprint density at radius 1 is 1.53 bits per heavy atom. The van der Waals surface area contributed by atoms with Gasteiger partial charge in [0, 0.05) is 6.54 Å². The van der Waals surface area contributed by atoms with E-state index < -0.39 is 12.1 Å². The summed E-state index contributed by atoms with van der Waals surface area (Å²) in [4.78, 5) is 21.9. The molecule has 0 aromatic carbocycles. The Morgan fingerprint density at radius 3 is 2.93 bits per heavy atom. The fraction of sp³-hybridized carbons (Fsp3) is 0.778. The van der Waals surface area contributed by atoms with E-state index in [0.717, 1.165) is 19.4 Å². The number of rotatable bonds is 3. The summed E-state index contributed by atoms with van der Waals surface area (Å²) in [6, 6.07) is 0. The van der Waals surface area contributed by atoms with Gasteiger partial charge in [-0.25, -0.2) is 4.79 Å². The van der Waals surface area contributed by atoms with Gasteiger partial charge in [0.15, 0.2) is 0 Å². The van der Waals surface area contributed by atoms with Crippen LogP contribution in [-0.4, -0.2) is 44.9 Å². The van der Waals surface area contributed by atoms with E-state index in [1.165, 1.54) is 7.11 Å². The number of alkyl carbamates (subject to hydrolysis) is 1. The number of nitrogens with one attached hydrogen (secondary N) is 2. The molecule has 15 heavy (non-hydrogen) atoms. The average molecular weight is 216 g/mol. The van der Waals surface area contributed by atoms with Gasteiger partial charge >= 0.3 is 12.1 Å². The Kier molecular flexibility index (Phi) is 4.89. The SMILES string of the molecule is COC(=O)NCC(=O)OC1CCCNC1. The lowest BCUT2D eigenvalue weighted by Crippen LogP contribution is -2.39. The van der Waals surface area contributed by atoms with Crippen LogP contribution in [0.25, 0.3) is 0 Å². The molecular weight excluding hydrogens is 200 g/mol. The number of ether oxygens (including phenoxy) is 2. The first-order valence-corrected chi connectivity index (χ1v) is 4.94. The Bertz CT molecular complexity index is 226. The molecule has 1 atom stereocenters. The zero-order valence-electron chi connectivity index (χ0n) is 8.75. The number of carbonyl (C=O) groups excluding carboxylic acids is 2. The van der Waals surface area contributed by atoms with E-state index in [4.69, 9.17) is 4.74 Å². The maximum absolute atomic E-state index is 11.2. The molecule has 0 radical (unpaired) electrons. The maximum atomic E-state index is 11.2. The first-order chi connectivity index (χ1) is 7.22. The van der Waals surface area contributed by atoms with Crippen LogP contribution in [-0.2, 0) is 14.3 Å². The molecule has 1 aliphatic heterocycles. The van der Waals surface area contributed by atoms with Gasteiger partial charge in [-0.05, 0) is 19.4 Å². The van der Waals surface area contributed by atoms with Crippen molar-refractivity contribution >= 4 is 12.1 Å². The molecule has 1 aliphatic rings. The molecule has 0 aliphatic carbocycles. The highest BCUT2D eigenvalue weighted by molar-refractivity contribution is 5.77. The minimum atomic E-state index is -0.631. The highest BCUT2D eigenvalue weighted by atomic mass is 16.6. The third-order valence-corrected chi connectivity index (χ3v) is 2.11. The number of hydrogen-bond acceptors (Lipinski definition) is 5. The van der Waals surface area contributed by atoms with E-state index in [0.29, 0.717) is 6.54 Å². The third kappa shape index (κ3) is 4.64. The molecule has 1 saturated heterocycles. The van der Waals surface area contributed by atoms with Crippen LogP contribution in [0.2, 0.25) is 0 Å². The van der Waals surface area contributed by atoms with Crippen LogP contribution in [0.3, 0.4) is 0 Å². The normalized spacial score (nSPS) is 20.5. The lowest BCUT2D eigenvalue weighted by atomic mass is 10.1. The van der Waals surface area contributed by atoms with Gasteiger partial charge in [-0.1, -0.05) is 0 Å². The van der Waals surface area contributed by atoms with Crippen LogP contribution in [0.15, 0.2) is 0 Å². The summed E-state index contributed by atoms with van der Waals surface area (Å²) in [6.07, 6.45) is 1.17. The van der Waals surface area contributed by atoms with Gasteiger partial charge in [0.1, 0.15) is 12.6 Å². The number of esters is 1. The second-order valence-corrected chi connectivity index (χ2v) is 3.30. The van der Waals surface area contributed by atoms with Crippen molar-refractivity contribution in [3.05, 3.63) is 0 Å². The molecular formula is C9H16N2O4. The number of piperidine rings is 1. The smallest absolute Gasteiger partial charge is 0.407 e. The molecule has 6 nitrogen and oxygen atoms in total. The van der Waals surface area contributed by atoms with Crippen molar-refractivity contribution in [2.45, 2.75) is 18.9 Å². The lowest BCUT2D eigenvalue weighted by molar-refractivity contribution is -0.148. The average Bonchev–Trinajstić information content (AvgIpc) is 2.27. The fourth-order valence-electron chi connectivity index (χ4n) is 1.36. The predicted molar refractivity (Wildman–Crippen MR) is 52.4 cm³/mol. The van der Waals surface area contributed by atoms with Crippen molar-refractivity contribution in [1.82, 2.24) is 10.6 Å². The lowest BCUT2D eigenvalue weighted by Gasteiger charge is -2.22. The molecule has 86 valence electrons. The predicted octanol–water partition coefficient (Wildman–Crippen LogP) is -0.362. The number of carbonyl (C=O) groups is 2. The van der Waals surface area contributed by atoms with Crippen molar-refractivity contribution in [1.29, 1.82) is 0 Å². The Labute approximate surface area is 88.3 Å². The van der Waals surface area contributed by atoms with Gasteiger partial charge in [0.05, 0.1) is 7.11 Å². The van der Waals surface area contributed by atoms with Crippen LogP contribution >= 0.6 is 0 Å². The maximum Gasteiger partial charge on any atom is 0.407 e. The van der Waals surface area contributed by atoms with Crippen molar-refractivity contribution in [2.24, 2.45) is 0 Å². The van der Waals surface area contributed by atoms with E-state index in [9.17, 15) is 9.59 Å². The standard InChI is InChI=1S/C9H16N2O4/c1-14-9(13)11-6-8(12)15-7-3-2-4-10-5-7/h7,10H,2-6H2,1H3,(H,11,13). The monoisotopic (exact) mass is 216 g/mol. The fourth-order valence-corrected chi connectivity index (χ4v) is 1.36. The van der Waals surface area contributed by atoms with Crippen molar-refractivity contribution in [3.8, 4) is 0 Å². The van der Waals surface area contributed by atoms with E-state index >= 15 is 0 Å². The largest absolute Gasteiger partial charge is 0.460 e. The summed E-state index contributed by atoms with van der Waals surface area (Å²) >= 11 is 0. The molecule has 0 aromatic rings. The zero-order valence-corrected chi connectivity index (χ0v) is 8.75. The summed E-state index contributed by atoms with van der Waals surface area (Å²) in [6.45, 7) is 1.50. The van der Waals surface area contributed by atoms with E-state index in [-0.39, 0.29) is 12.6 Å². The second kappa shape index (κ2) is 6.23. The molecule has 6 heteroatoms. The molecule has 1 rings (SSSR count). The summed E-state index contributed by atoms with van der Waals surface area (Å²) in [5.41, 5.74) is 0. The summed E-state index contributed by atoms with van der Waals surface area (Å²) in [5.74, 6) is -0.436. The molecule has 0 bridgehead atoms. The van der Waals surface area contributed by atoms with Crippen LogP contribution in [0.4, 0.5) is 4.79 Å². The van der Waals surface area contributed by atoms with Crippen LogP contribution in [0.5, 0.6) is 0 Å². The van der Waals surface area contributed by atoms with Crippen molar-refractivity contribution in [2.75, 3.05) is 26.7 Å². The molecule has 1 heterocycles. The summed E-state index contributed by atoms with van der Waals surface area (Å²) in [5, 5.41) is 5.39. The van der Waals surface area contributed by atoms with Gasteiger partial charge in [-0.2, -0.15) is 0 Å². The number of amides is 1. The van der Waals surface area contributed by atoms with Gasteiger partial charge in [-0.3, -0.25) is 4.79 Å². The second-order valence-electron chi connectivity index (χ2n) is 3.30. The van der Waals surface area contributed by atoms with Crippen molar-refractivity contribution in [3.63, 3.8) is 0 Å². The minimum Gasteiger partial charge on any atom is -0.460 e. The molecule has 1 fully saturated rings. The van der Waals surface area contributed by atoms with Gasteiger partial charge in [0.25, 0.3) is 0 Å². The van der Waals surface area contributed by atoms with E-state index in [1.54, 1.807) is 0 Å². The third-order valence-electron chi connectivity index (χ3n) is 2.11. The molecule has 0 spiro atoms. The molecule has 1 unspecified atom stereocenters. The topological polar surface area (TPSA) is 76.7 Å². The number of methoxy groups -OCH3 is 1. The van der Waals surface area contributed by atoms with Crippen LogP contribution in [0, 0.1) is 0 Å². The summed E-state index contributed by atoms with van der Waals surface area (Å²) in [7, 11) is 1.24. The Morgan fingerprint density at radius 2 is 2.33 bits per heavy atom. The molecule has 0 aromatic heterocycles. The zero-order chi connectivity index (χ0) is 11.1. The van der Waals surface area contributed by atoms with Gasteiger partial charge in [0.2, 0.25) is 0 Å². The van der Waals surface area contributed by atoms with Crippen LogP contribution < -0.4 is 10.6 Å². The van der Waals surface area contributed by atoms with Crippen molar-refractivity contribution < 1.29 is 19.1 Å². The highest BCUT2D eigenvalue weighted by Gasteiger charge is 2.17.